The SMILES string of the molecule is CC[C@@H](OC(=O)[C@H](C)[C@@H](O[C@H]1C[C@@](C)(OC)[C@@H](O)[C@H](C)O1)[C@H](C)[C@@H](O[C@@H]1O[C@H](C)C[C@H](N(C)CCCc2cn(CCc3ccc(C(F)(F)F)cc3)nn2)[C@H]1O)[C@](C)(O)C[C@@H](C)CN(C)CC)[C@@](C)(O)CO. The minimum atomic E-state index is -4.39. The molecule has 2 fully saturated rings. The number of aromatic nitrogens is 3. The van der Waals surface area contributed by atoms with Crippen LogP contribution in [0.2, 0.25) is 0 Å². The zero-order valence-corrected chi connectivity index (χ0v) is 44.3. The minimum Gasteiger partial charge on any atom is -0.459 e. The van der Waals surface area contributed by atoms with E-state index in [2.05, 4.69) is 15.2 Å². The molecule has 0 spiro atoms. The van der Waals surface area contributed by atoms with E-state index in [1.807, 2.05) is 46.0 Å². The third kappa shape index (κ3) is 16.6. The monoisotopic (exact) mass is 1020 g/mol. The van der Waals surface area contributed by atoms with Gasteiger partial charge in [-0.2, -0.15) is 13.2 Å². The van der Waals surface area contributed by atoms with Gasteiger partial charge in [0.15, 0.2) is 12.6 Å². The molecule has 0 amide bonds. The Morgan fingerprint density at radius 3 is 2.27 bits per heavy atom. The number of halogens is 3. The minimum absolute atomic E-state index is 0.0388. The lowest BCUT2D eigenvalue weighted by Gasteiger charge is -2.49. The Hall–Kier alpha value is -2.86. The number of ether oxygens (including phenoxy) is 6. The number of carbonyl (C=O) groups excluding carboxylic acids is 1. The van der Waals surface area contributed by atoms with Gasteiger partial charge in [-0.1, -0.05) is 45.0 Å². The molecule has 0 saturated carbocycles. The lowest BCUT2D eigenvalue weighted by Crippen LogP contribution is -2.61. The van der Waals surface area contributed by atoms with Crippen molar-refractivity contribution in [3.05, 3.63) is 47.3 Å². The number of likely N-dealkylation sites (N-methyl/N-ethyl adjacent to an activating group) is 1. The summed E-state index contributed by atoms with van der Waals surface area (Å²) in [5, 5.41) is 65.4. The van der Waals surface area contributed by atoms with E-state index in [1.54, 1.807) is 46.2 Å². The van der Waals surface area contributed by atoms with Crippen LogP contribution in [0.3, 0.4) is 0 Å². The molecule has 5 N–H and O–H groups in total. The van der Waals surface area contributed by atoms with Crippen LogP contribution in [0, 0.1) is 17.8 Å². The van der Waals surface area contributed by atoms with Gasteiger partial charge in [0, 0.05) is 44.8 Å². The van der Waals surface area contributed by atoms with E-state index in [1.165, 1.54) is 26.2 Å². The normalized spacial score (nSPS) is 28.7. The van der Waals surface area contributed by atoms with E-state index in [4.69, 9.17) is 28.4 Å². The molecule has 1 aromatic heterocycles. The molecule has 3 heterocycles. The first-order chi connectivity index (χ1) is 33.1. The van der Waals surface area contributed by atoms with Gasteiger partial charge in [0.1, 0.15) is 23.9 Å². The van der Waals surface area contributed by atoms with Gasteiger partial charge in [0.2, 0.25) is 0 Å². The fourth-order valence-electron chi connectivity index (χ4n) is 10.2. The zero-order chi connectivity index (χ0) is 53.2. The van der Waals surface area contributed by atoms with E-state index >= 15 is 0 Å². The molecule has 0 bridgehead atoms. The Morgan fingerprint density at radius 2 is 1.68 bits per heavy atom. The molecule has 71 heavy (non-hydrogen) atoms. The largest absolute Gasteiger partial charge is 0.459 e. The maximum absolute atomic E-state index is 14.2. The quantitative estimate of drug-likeness (QED) is 0.0746. The second-order valence-corrected chi connectivity index (χ2v) is 21.2. The summed E-state index contributed by atoms with van der Waals surface area (Å²) in [5.41, 5.74) is -3.61. The highest BCUT2D eigenvalue weighted by molar-refractivity contribution is 5.73. The Balaban J connectivity index is 1.58. The van der Waals surface area contributed by atoms with Crippen LogP contribution >= 0.6 is 0 Å². The summed E-state index contributed by atoms with van der Waals surface area (Å²) in [6.07, 6.45) is -8.64. The number of methoxy groups -OCH3 is 1. The average molecular weight is 1020 g/mol. The lowest BCUT2D eigenvalue weighted by molar-refractivity contribution is -0.318. The van der Waals surface area contributed by atoms with Gasteiger partial charge < -0.3 is 63.8 Å². The summed E-state index contributed by atoms with van der Waals surface area (Å²) in [5.74, 6) is -2.69. The highest BCUT2D eigenvalue weighted by Gasteiger charge is 2.52. The summed E-state index contributed by atoms with van der Waals surface area (Å²) in [6.45, 7) is 19.4. The van der Waals surface area contributed by atoms with Crippen LogP contribution in [0.25, 0.3) is 0 Å². The van der Waals surface area contributed by atoms with Gasteiger partial charge in [0.05, 0.1) is 59.4 Å². The Labute approximate surface area is 419 Å². The van der Waals surface area contributed by atoms with Crippen LogP contribution in [0.5, 0.6) is 0 Å². The average Bonchev–Trinajstić information content (AvgIpc) is 3.77. The standard InChI is InChI=1S/C51H86F3N5O12/c1-14-40(49(9,65)30-60)69-46(63)34(6)43(70-41-27-50(10,66-13)44(62)35(7)68-41)33(5)45(48(8,64)26-31(3)28-57(11)15-2)71-47-42(61)39(25-32(4)67-47)58(12)23-16-17-38-29-59(56-55-38)24-22-36-18-20-37(21-19-36)51(52,53)54/h18-21,29,31-35,39-45,47,60-62,64-65H,14-17,22-28,30H2,1-13H3/t31-,32-,33+,34-,35+,39+,40-,41+,42-,43+,44+,45-,47+,48-,49+,50-/m1/s1. The molecule has 20 heteroatoms. The third-order valence-electron chi connectivity index (χ3n) is 14.7. The van der Waals surface area contributed by atoms with E-state index in [-0.39, 0.29) is 31.3 Å². The second kappa shape index (κ2) is 26.1. The molecule has 0 radical (unpaired) electrons. The molecule has 1 aromatic carbocycles. The summed E-state index contributed by atoms with van der Waals surface area (Å²) < 4.78 is 78.6. The molecule has 2 aliphatic heterocycles. The number of rotatable bonds is 27. The molecule has 4 rings (SSSR count). The number of hydrogen-bond donors (Lipinski definition) is 5. The smallest absolute Gasteiger partial charge is 0.416 e. The van der Waals surface area contributed by atoms with Crippen molar-refractivity contribution >= 4 is 5.97 Å². The number of hydrogen-bond acceptors (Lipinski definition) is 16. The van der Waals surface area contributed by atoms with Crippen LogP contribution < -0.4 is 0 Å². The number of alkyl halides is 3. The highest BCUT2D eigenvalue weighted by atomic mass is 19.4. The van der Waals surface area contributed by atoms with Crippen LogP contribution in [-0.2, 0) is 58.8 Å². The Morgan fingerprint density at radius 1 is 1.01 bits per heavy atom. The van der Waals surface area contributed by atoms with E-state index < -0.39 is 108 Å². The number of aliphatic hydroxyl groups excluding tert-OH is 3. The van der Waals surface area contributed by atoms with Crippen molar-refractivity contribution in [2.24, 2.45) is 17.8 Å². The van der Waals surface area contributed by atoms with Gasteiger partial charge >= 0.3 is 12.1 Å². The summed E-state index contributed by atoms with van der Waals surface area (Å²) in [4.78, 5) is 18.4. The molecule has 16 atom stereocenters. The van der Waals surface area contributed by atoms with Crippen molar-refractivity contribution in [2.45, 2.75) is 205 Å². The van der Waals surface area contributed by atoms with E-state index in [0.29, 0.717) is 45.3 Å². The van der Waals surface area contributed by atoms with Crippen molar-refractivity contribution in [3.63, 3.8) is 0 Å². The summed E-state index contributed by atoms with van der Waals surface area (Å²) in [7, 11) is 5.40. The number of carbonyl (C=O) groups is 1. The van der Waals surface area contributed by atoms with Crippen LogP contribution in [0.15, 0.2) is 30.5 Å². The number of nitrogens with zero attached hydrogens (tertiary/aromatic N) is 5. The Bertz CT molecular complexity index is 1910. The first-order valence-electron chi connectivity index (χ1n) is 25.3. The fourth-order valence-corrected chi connectivity index (χ4v) is 10.2. The predicted molar refractivity (Wildman–Crippen MR) is 259 cm³/mol. The fraction of sp³-hybridized carbons (Fsp3) is 0.824. The van der Waals surface area contributed by atoms with Gasteiger partial charge in [-0.05, 0) is 131 Å². The number of benzene rings is 1. The molecule has 0 aliphatic carbocycles. The van der Waals surface area contributed by atoms with Gasteiger partial charge in [0.25, 0.3) is 0 Å². The lowest BCUT2D eigenvalue weighted by atomic mass is 9.77. The van der Waals surface area contributed by atoms with Gasteiger partial charge in [-0.25, -0.2) is 0 Å². The number of esters is 1. The zero-order valence-electron chi connectivity index (χ0n) is 44.3. The maximum atomic E-state index is 14.2. The van der Waals surface area contributed by atoms with Gasteiger partial charge in [-0.3, -0.25) is 9.48 Å². The summed E-state index contributed by atoms with van der Waals surface area (Å²) >= 11 is 0. The van der Waals surface area contributed by atoms with Crippen molar-refractivity contribution in [2.75, 3.05) is 47.4 Å². The molecular formula is C51H86F3N5O12. The highest BCUT2D eigenvalue weighted by Crippen LogP contribution is 2.40. The van der Waals surface area contributed by atoms with Crippen molar-refractivity contribution in [1.29, 1.82) is 0 Å². The number of aliphatic hydroxyl groups is 5. The molecule has 17 nitrogen and oxygen atoms in total. The molecule has 0 unspecified atom stereocenters. The molecule has 2 aromatic rings. The van der Waals surface area contributed by atoms with Crippen LogP contribution in [-0.4, -0.2) is 182 Å². The molecule has 2 aliphatic rings. The van der Waals surface area contributed by atoms with Gasteiger partial charge in [-0.15, -0.1) is 5.10 Å². The van der Waals surface area contributed by atoms with E-state index in [0.717, 1.165) is 29.9 Å². The second-order valence-electron chi connectivity index (χ2n) is 21.2. The molecule has 2 saturated heterocycles. The third-order valence-corrected chi connectivity index (χ3v) is 14.7. The van der Waals surface area contributed by atoms with Crippen LogP contribution in [0.4, 0.5) is 13.2 Å². The topological polar surface area (TPSA) is 211 Å². The molecule has 408 valence electrons. The van der Waals surface area contributed by atoms with Crippen molar-refractivity contribution in [3.8, 4) is 0 Å². The van der Waals surface area contributed by atoms with E-state index in [9.17, 15) is 43.5 Å². The Kier molecular flexibility index (Phi) is 22.3. The number of aryl methyl sites for hydroxylation is 3. The maximum Gasteiger partial charge on any atom is 0.416 e. The first kappa shape index (κ1) is 60.7. The summed E-state index contributed by atoms with van der Waals surface area (Å²) in [6, 6.07) is 4.66. The molecular weight excluding hydrogens is 932 g/mol. The van der Waals surface area contributed by atoms with Crippen molar-refractivity contribution < 1.29 is 71.9 Å². The predicted octanol–water partition coefficient (Wildman–Crippen LogP) is 5.01. The first-order valence-corrected chi connectivity index (χ1v) is 25.3. The van der Waals surface area contributed by atoms with Crippen LogP contribution in [0.1, 0.15) is 118 Å². The van der Waals surface area contributed by atoms with Crippen molar-refractivity contribution in [1.82, 2.24) is 24.8 Å².